The standard InChI is InChI=1S/C15H28N2O2/c1-3-5-15(6-8-16-9-7-15)14(19)17-10-4-12(2)13(18)11-17/h12-13,16,18H,3-11H2,1-2H3. The zero-order chi connectivity index (χ0) is 13.9. The average molecular weight is 268 g/mol. The highest BCUT2D eigenvalue weighted by Gasteiger charge is 2.42. The van der Waals surface area contributed by atoms with Crippen molar-refractivity contribution in [2.75, 3.05) is 26.2 Å². The summed E-state index contributed by atoms with van der Waals surface area (Å²) in [6.45, 7) is 7.45. The summed E-state index contributed by atoms with van der Waals surface area (Å²) in [6.07, 6.45) is 4.50. The maximum atomic E-state index is 12.9. The van der Waals surface area contributed by atoms with Crippen molar-refractivity contribution in [2.24, 2.45) is 11.3 Å². The van der Waals surface area contributed by atoms with E-state index in [2.05, 4.69) is 19.2 Å². The van der Waals surface area contributed by atoms with E-state index in [9.17, 15) is 9.90 Å². The summed E-state index contributed by atoms with van der Waals surface area (Å²) in [5.41, 5.74) is -0.166. The number of hydrogen-bond donors (Lipinski definition) is 2. The summed E-state index contributed by atoms with van der Waals surface area (Å²) in [5.74, 6) is 0.612. The van der Waals surface area contributed by atoms with E-state index in [-0.39, 0.29) is 11.5 Å². The van der Waals surface area contributed by atoms with Crippen LogP contribution in [0.25, 0.3) is 0 Å². The van der Waals surface area contributed by atoms with Crippen molar-refractivity contribution in [3.63, 3.8) is 0 Å². The van der Waals surface area contributed by atoms with Crippen molar-refractivity contribution < 1.29 is 9.90 Å². The van der Waals surface area contributed by atoms with Gasteiger partial charge in [-0.15, -0.1) is 0 Å². The number of nitrogens with zero attached hydrogens (tertiary/aromatic N) is 1. The zero-order valence-corrected chi connectivity index (χ0v) is 12.3. The highest BCUT2D eigenvalue weighted by molar-refractivity contribution is 5.83. The Morgan fingerprint density at radius 3 is 2.68 bits per heavy atom. The number of rotatable bonds is 3. The molecule has 4 nitrogen and oxygen atoms in total. The van der Waals surface area contributed by atoms with E-state index in [0.29, 0.717) is 18.4 Å². The van der Waals surface area contributed by atoms with Crippen LogP contribution in [0.1, 0.15) is 46.0 Å². The van der Waals surface area contributed by atoms with Crippen molar-refractivity contribution in [1.82, 2.24) is 10.2 Å². The van der Waals surface area contributed by atoms with Gasteiger partial charge in [-0.3, -0.25) is 4.79 Å². The van der Waals surface area contributed by atoms with Crippen LogP contribution in [0.15, 0.2) is 0 Å². The SMILES string of the molecule is CCCC1(C(=O)N2CCC(C)C(O)C2)CCNCC1. The van der Waals surface area contributed by atoms with Gasteiger partial charge in [0.25, 0.3) is 0 Å². The van der Waals surface area contributed by atoms with Gasteiger partial charge < -0.3 is 15.3 Å². The van der Waals surface area contributed by atoms with Crippen LogP contribution in [-0.2, 0) is 4.79 Å². The molecule has 0 bridgehead atoms. The lowest BCUT2D eigenvalue weighted by Gasteiger charge is -2.43. The molecule has 1 amide bonds. The van der Waals surface area contributed by atoms with Crippen LogP contribution < -0.4 is 5.32 Å². The molecule has 2 rings (SSSR count). The molecular formula is C15H28N2O2. The van der Waals surface area contributed by atoms with Crippen LogP contribution in [0.4, 0.5) is 0 Å². The Hall–Kier alpha value is -0.610. The molecule has 2 heterocycles. The fraction of sp³-hybridized carbons (Fsp3) is 0.933. The number of nitrogens with one attached hydrogen (secondary N) is 1. The number of likely N-dealkylation sites (tertiary alicyclic amines) is 1. The van der Waals surface area contributed by atoms with E-state index in [1.165, 1.54) is 0 Å². The summed E-state index contributed by atoms with van der Waals surface area (Å²) in [6, 6.07) is 0. The van der Waals surface area contributed by atoms with Crippen LogP contribution >= 0.6 is 0 Å². The minimum Gasteiger partial charge on any atom is -0.391 e. The second-order valence-electron chi connectivity index (χ2n) is 6.36. The summed E-state index contributed by atoms with van der Waals surface area (Å²) in [5, 5.41) is 13.4. The predicted molar refractivity (Wildman–Crippen MR) is 75.8 cm³/mol. The normalized spacial score (nSPS) is 31.2. The second-order valence-corrected chi connectivity index (χ2v) is 6.36. The molecule has 2 unspecified atom stereocenters. The Morgan fingerprint density at radius 1 is 1.42 bits per heavy atom. The minimum absolute atomic E-state index is 0.166. The van der Waals surface area contributed by atoms with Crippen molar-refractivity contribution in [3.05, 3.63) is 0 Å². The number of amides is 1. The van der Waals surface area contributed by atoms with Crippen molar-refractivity contribution in [2.45, 2.75) is 52.1 Å². The molecule has 0 aromatic heterocycles. The smallest absolute Gasteiger partial charge is 0.228 e. The second kappa shape index (κ2) is 6.23. The van der Waals surface area contributed by atoms with Gasteiger partial charge in [0.15, 0.2) is 0 Å². The van der Waals surface area contributed by atoms with Gasteiger partial charge in [0.05, 0.1) is 11.5 Å². The van der Waals surface area contributed by atoms with Crippen molar-refractivity contribution in [3.8, 4) is 0 Å². The van der Waals surface area contributed by atoms with Crippen LogP contribution in [0.3, 0.4) is 0 Å². The van der Waals surface area contributed by atoms with E-state index in [0.717, 1.165) is 51.7 Å². The molecule has 110 valence electrons. The molecular weight excluding hydrogens is 240 g/mol. The zero-order valence-electron chi connectivity index (χ0n) is 12.3. The Kier molecular flexibility index (Phi) is 4.85. The average Bonchev–Trinajstić information content (AvgIpc) is 2.42. The molecule has 0 saturated carbocycles. The minimum atomic E-state index is -0.349. The van der Waals surface area contributed by atoms with Crippen LogP contribution in [0, 0.1) is 11.3 Å². The molecule has 2 saturated heterocycles. The quantitative estimate of drug-likeness (QED) is 0.813. The number of β-amino-alcohol motifs (C(OH)–C–C–N with tert-alkyl or cyclic N) is 1. The third-order valence-corrected chi connectivity index (χ3v) is 4.95. The van der Waals surface area contributed by atoms with E-state index in [1.54, 1.807) is 0 Å². The molecule has 2 aliphatic rings. The Bertz CT molecular complexity index is 308. The summed E-state index contributed by atoms with van der Waals surface area (Å²) in [4.78, 5) is 14.8. The Morgan fingerprint density at radius 2 is 2.11 bits per heavy atom. The number of piperidine rings is 2. The largest absolute Gasteiger partial charge is 0.391 e. The van der Waals surface area contributed by atoms with E-state index in [1.807, 2.05) is 4.90 Å². The molecule has 0 radical (unpaired) electrons. The molecule has 0 aromatic rings. The van der Waals surface area contributed by atoms with Gasteiger partial charge in [0, 0.05) is 13.1 Å². The molecule has 2 aliphatic heterocycles. The molecule has 2 atom stereocenters. The number of hydrogen-bond acceptors (Lipinski definition) is 3. The van der Waals surface area contributed by atoms with Crippen LogP contribution in [0.2, 0.25) is 0 Å². The summed E-state index contributed by atoms with van der Waals surface area (Å²) in [7, 11) is 0. The fourth-order valence-corrected chi connectivity index (χ4v) is 3.52. The highest BCUT2D eigenvalue weighted by atomic mass is 16.3. The lowest BCUT2D eigenvalue weighted by Crippen LogP contribution is -2.54. The van der Waals surface area contributed by atoms with E-state index in [4.69, 9.17) is 0 Å². The Labute approximate surface area is 116 Å². The first kappa shape index (κ1) is 14.8. The molecule has 0 spiro atoms. The topological polar surface area (TPSA) is 52.6 Å². The Balaban J connectivity index is 2.06. The van der Waals surface area contributed by atoms with Crippen molar-refractivity contribution >= 4 is 5.91 Å². The number of aliphatic hydroxyl groups excluding tert-OH is 1. The van der Waals surface area contributed by atoms with Gasteiger partial charge in [-0.2, -0.15) is 0 Å². The predicted octanol–water partition coefficient (Wildman–Crippen LogP) is 1.39. The van der Waals surface area contributed by atoms with E-state index < -0.39 is 0 Å². The van der Waals surface area contributed by atoms with Gasteiger partial charge in [0.2, 0.25) is 5.91 Å². The van der Waals surface area contributed by atoms with Gasteiger partial charge in [-0.05, 0) is 44.7 Å². The molecule has 2 N–H and O–H groups in total. The molecule has 19 heavy (non-hydrogen) atoms. The van der Waals surface area contributed by atoms with Gasteiger partial charge >= 0.3 is 0 Å². The first-order chi connectivity index (χ1) is 9.09. The number of aliphatic hydroxyl groups is 1. The maximum absolute atomic E-state index is 12.9. The van der Waals surface area contributed by atoms with Gasteiger partial charge in [0.1, 0.15) is 0 Å². The van der Waals surface area contributed by atoms with Gasteiger partial charge in [-0.1, -0.05) is 20.3 Å². The molecule has 0 aliphatic carbocycles. The molecule has 0 aromatic carbocycles. The maximum Gasteiger partial charge on any atom is 0.228 e. The third kappa shape index (κ3) is 3.11. The van der Waals surface area contributed by atoms with Crippen LogP contribution in [0.5, 0.6) is 0 Å². The first-order valence-electron chi connectivity index (χ1n) is 7.77. The van der Waals surface area contributed by atoms with Crippen molar-refractivity contribution in [1.29, 1.82) is 0 Å². The van der Waals surface area contributed by atoms with E-state index >= 15 is 0 Å². The fourth-order valence-electron chi connectivity index (χ4n) is 3.52. The summed E-state index contributed by atoms with van der Waals surface area (Å²) >= 11 is 0. The summed E-state index contributed by atoms with van der Waals surface area (Å²) < 4.78 is 0. The van der Waals surface area contributed by atoms with Crippen LogP contribution in [-0.4, -0.2) is 48.2 Å². The first-order valence-corrected chi connectivity index (χ1v) is 7.77. The lowest BCUT2D eigenvalue weighted by atomic mass is 9.73. The highest BCUT2D eigenvalue weighted by Crippen LogP contribution is 2.37. The van der Waals surface area contributed by atoms with Gasteiger partial charge in [-0.25, -0.2) is 0 Å². The third-order valence-electron chi connectivity index (χ3n) is 4.95. The molecule has 4 heteroatoms. The number of carbonyl (C=O) groups excluding carboxylic acids is 1. The number of carbonyl (C=O) groups is 1. The lowest BCUT2D eigenvalue weighted by molar-refractivity contribution is -0.148. The molecule has 2 fully saturated rings. The monoisotopic (exact) mass is 268 g/mol.